The molecular formula is C19H20Cl3NO. The molecule has 1 aliphatic rings. The Balaban J connectivity index is 1.59. The topological polar surface area (TPSA) is 21.3 Å². The van der Waals surface area contributed by atoms with Crippen molar-refractivity contribution in [1.29, 1.82) is 0 Å². The molecule has 3 rings (SSSR count). The van der Waals surface area contributed by atoms with E-state index < -0.39 is 0 Å². The number of hydrogen-bond donors (Lipinski definition) is 1. The summed E-state index contributed by atoms with van der Waals surface area (Å²) in [4.78, 5) is 0. The summed E-state index contributed by atoms with van der Waals surface area (Å²) in [5, 5.41) is 5.34. The van der Waals surface area contributed by atoms with Crippen LogP contribution in [0.2, 0.25) is 15.1 Å². The van der Waals surface area contributed by atoms with E-state index in [-0.39, 0.29) is 0 Å². The fourth-order valence-corrected chi connectivity index (χ4v) is 3.67. The SMILES string of the molecule is Clc1ccc([C@H]2CNCC[C@H]2CCOc2ccc(Cl)c(Cl)c2)cc1. The molecule has 1 saturated heterocycles. The summed E-state index contributed by atoms with van der Waals surface area (Å²) in [5.74, 6) is 1.85. The van der Waals surface area contributed by atoms with E-state index in [9.17, 15) is 0 Å². The molecular weight excluding hydrogens is 365 g/mol. The minimum Gasteiger partial charge on any atom is -0.494 e. The molecule has 0 radical (unpaired) electrons. The average molecular weight is 385 g/mol. The maximum Gasteiger partial charge on any atom is 0.120 e. The lowest BCUT2D eigenvalue weighted by atomic mass is 9.80. The van der Waals surface area contributed by atoms with Gasteiger partial charge in [-0.15, -0.1) is 0 Å². The number of nitrogens with one attached hydrogen (secondary N) is 1. The van der Waals surface area contributed by atoms with Crippen molar-refractivity contribution in [2.45, 2.75) is 18.8 Å². The smallest absolute Gasteiger partial charge is 0.120 e. The standard InChI is InChI=1S/C19H20Cl3NO/c20-15-3-1-13(2-4-15)17-12-23-9-7-14(17)8-10-24-16-5-6-18(21)19(22)11-16/h1-6,11,14,17,23H,7-10,12H2/t14-,17+/m0/s1. The van der Waals surface area contributed by atoms with Crippen LogP contribution >= 0.6 is 34.8 Å². The highest BCUT2D eigenvalue weighted by atomic mass is 35.5. The van der Waals surface area contributed by atoms with Crippen molar-refractivity contribution in [3.05, 3.63) is 63.1 Å². The second-order valence-electron chi connectivity index (χ2n) is 6.12. The van der Waals surface area contributed by atoms with Gasteiger partial charge in [-0.1, -0.05) is 46.9 Å². The third-order valence-corrected chi connectivity index (χ3v) is 5.56. The molecule has 0 saturated carbocycles. The Bertz CT molecular complexity index is 675. The molecule has 1 fully saturated rings. The molecule has 0 aromatic heterocycles. The van der Waals surface area contributed by atoms with E-state index in [1.54, 1.807) is 12.1 Å². The fraction of sp³-hybridized carbons (Fsp3) is 0.368. The first kappa shape index (κ1) is 17.9. The molecule has 1 N–H and O–H groups in total. The molecule has 1 aliphatic heterocycles. The molecule has 24 heavy (non-hydrogen) atoms. The van der Waals surface area contributed by atoms with Gasteiger partial charge in [-0.2, -0.15) is 0 Å². The summed E-state index contributed by atoms with van der Waals surface area (Å²) < 4.78 is 5.86. The number of benzene rings is 2. The van der Waals surface area contributed by atoms with Crippen LogP contribution in [-0.4, -0.2) is 19.7 Å². The highest BCUT2D eigenvalue weighted by Gasteiger charge is 2.26. The third kappa shape index (κ3) is 4.58. The van der Waals surface area contributed by atoms with Crippen LogP contribution < -0.4 is 10.1 Å². The Labute approximate surface area is 158 Å². The minimum absolute atomic E-state index is 0.494. The minimum atomic E-state index is 0.494. The van der Waals surface area contributed by atoms with Gasteiger partial charge in [-0.3, -0.25) is 0 Å². The monoisotopic (exact) mass is 383 g/mol. The van der Waals surface area contributed by atoms with Crippen molar-refractivity contribution in [2.75, 3.05) is 19.7 Å². The van der Waals surface area contributed by atoms with Gasteiger partial charge < -0.3 is 10.1 Å². The van der Waals surface area contributed by atoms with Gasteiger partial charge in [-0.25, -0.2) is 0 Å². The summed E-state index contributed by atoms with van der Waals surface area (Å²) in [6.45, 7) is 2.73. The van der Waals surface area contributed by atoms with Crippen LogP contribution in [0.25, 0.3) is 0 Å². The Hall–Kier alpha value is -0.930. The van der Waals surface area contributed by atoms with Gasteiger partial charge in [0.1, 0.15) is 5.75 Å². The van der Waals surface area contributed by atoms with Gasteiger partial charge in [0.25, 0.3) is 0 Å². The Morgan fingerprint density at radius 1 is 1.00 bits per heavy atom. The van der Waals surface area contributed by atoms with Crippen molar-refractivity contribution in [3.63, 3.8) is 0 Å². The molecule has 1 heterocycles. The van der Waals surface area contributed by atoms with Gasteiger partial charge in [0, 0.05) is 17.6 Å². The zero-order valence-corrected chi connectivity index (χ0v) is 15.5. The van der Waals surface area contributed by atoms with Gasteiger partial charge in [0.2, 0.25) is 0 Å². The number of hydrogen-bond acceptors (Lipinski definition) is 2. The van der Waals surface area contributed by atoms with Gasteiger partial charge in [0.05, 0.1) is 16.7 Å². The largest absolute Gasteiger partial charge is 0.494 e. The lowest BCUT2D eigenvalue weighted by molar-refractivity contribution is 0.232. The lowest BCUT2D eigenvalue weighted by Gasteiger charge is -2.32. The van der Waals surface area contributed by atoms with E-state index in [2.05, 4.69) is 17.4 Å². The summed E-state index contributed by atoms with van der Waals surface area (Å²) in [6.07, 6.45) is 2.16. The number of ether oxygens (including phenoxy) is 1. The first-order valence-corrected chi connectivity index (χ1v) is 9.31. The van der Waals surface area contributed by atoms with E-state index in [0.717, 1.165) is 36.7 Å². The van der Waals surface area contributed by atoms with Crippen LogP contribution in [0.1, 0.15) is 24.3 Å². The second kappa shape index (κ2) is 8.44. The van der Waals surface area contributed by atoms with Crippen molar-refractivity contribution < 1.29 is 4.74 Å². The van der Waals surface area contributed by atoms with E-state index in [4.69, 9.17) is 39.5 Å². The molecule has 128 valence electrons. The van der Waals surface area contributed by atoms with E-state index in [1.165, 1.54) is 5.56 Å². The van der Waals surface area contributed by atoms with Crippen LogP contribution in [0, 0.1) is 5.92 Å². The highest BCUT2D eigenvalue weighted by molar-refractivity contribution is 6.42. The lowest BCUT2D eigenvalue weighted by Crippen LogP contribution is -2.35. The first-order chi connectivity index (χ1) is 11.6. The van der Waals surface area contributed by atoms with Gasteiger partial charge >= 0.3 is 0 Å². The normalized spacial score (nSPS) is 20.8. The van der Waals surface area contributed by atoms with E-state index in [0.29, 0.717) is 28.5 Å². The van der Waals surface area contributed by atoms with Gasteiger partial charge in [-0.05, 0) is 61.1 Å². The molecule has 0 unspecified atom stereocenters. The predicted molar refractivity (Wildman–Crippen MR) is 102 cm³/mol. The van der Waals surface area contributed by atoms with Crippen molar-refractivity contribution in [2.24, 2.45) is 5.92 Å². The maximum atomic E-state index is 6.03. The maximum absolute atomic E-state index is 6.03. The molecule has 0 spiro atoms. The number of halogens is 3. The van der Waals surface area contributed by atoms with E-state index in [1.807, 2.05) is 18.2 Å². The number of rotatable bonds is 5. The van der Waals surface area contributed by atoms with Crippen LogP contribution in [0.3, 0.4) is 0 Å². The summed E-state index contributed by atoms with van der Waals surface area (Å²) in [6, 6.07) is 13.6. The van der Waals surface area contributed by atoms with Crippen LogP contribution in [-0.2, 0) is 0 Å². The van der Waals surface area contributed by atoms with Crippen molar-refractivity contribution >= 4 is 34.8 Å². The van der Waals surface area contributed by atoms with Crippen LogP contribution in [0.4, 0.5) is 0 Å². The fourth-order valence-electron chi connectivity index (χ4n) is 3.25. The molecule has 2 aromatic rings. The summed E-state index contributed by atoms with van der Waals surface area (Å²) in [7, 11) is 0. The molecule has 0 bridgehead atoms. The molecule has 2 atom stereocenters. The molecule has 2 nitrogen and oxygen atoms in total. The van der Waals surface area contributed by atoms with Crippen molar-refractivity contribution in [3.8, 4) is 5.75 Å². The van der Waals surface area contributed by atoms with Gasteiger partial charge in [0.15, 0.2) is 0 Å². The average Bonchev–Trinajstić information content (AvgIpc) is 2.59. The van der Waals surface area contributed by atoms with Crippen LogP contribution in [0.5, 0.6) is 5.75 Å². The third-order valence-electron chi connectivity index (χ3n) is 4.57. The van der Waals surface area contributed by atoms with Crippen LogP contribution in [0.15, 0.2) is 42.5 Å². The van der Waals surface area contributed by atoms with Crippen molar-refractivity contribution in [1.82, 2.24) is 5.32 Å². The predicted octanol–water partition coefficient (Wildman–Crippen LogP) is 5.81. The molecule has 2 aromatic carbocycles. The molecule has 0 amide bonds. The highest BCUT2D eigenvalue weighted by Crippen LogP contribution is 2.33. The Kier molecular flexibility index (Phi) is 6.29. The zero-order valence-electron chi connectivity index (χ0n) is 13.3. The van der Waals surface area contributed by atoms with E-state index >= 15 is 0 Å². The Morgan fingerprint density at radius 3 is 2.54 bits per heavy atom. The zero-order chi connectivity index (χ0) is 16.9. The molecule has 5 heteroatoms. The number of piperidine rings is 1. The quantitative estimate of drug-likeness (QED) is 0.702. The first-order valence-electron chi connectivity index (χ1n) is 8.17. The Morgan fingerprint density at radius 2 is 1.79 bits per heavy atom. The second-order valence-corrected chi connectivity index (χ2v) is 7.37. The molecule has 0 aliphatic carbocycles. The summed E-state index contributed by atoms with van der Waals surface area (Å²) in [5.41, 5.74) is 1.34. The summed E-state index contributed by atoms with van der Waals surface area (Å²) >= 11 is 18.0.